The van der Waals surface area contributed by atoms with Gasteiger partial charge in [0.2, 0.25) is 5.91 Å². The fourth-order valence-corrected chi connectivity index (χ4v) is 5.02. The van der Waals surface area contributed by atoms with Crippen LogP contribution in [-0.4, -0.2) is 28.9 Å². The minimum atomic E-state index is -4.56. The fourth-order valence-electron chi connectivity index (χ4n) is 4.85. The number of carbonyl (C=O) groups excluding carboxylic acids is 2. The van der Waals surface area contributed by atoms with Crippen LogP contribution in [0.15, 0.2) is 42.5 Å². The molecule has 2 heterocycles. The molecule has 6 nitrogen and oxygen atoms in total. The van der Waals surface area contributed by atoms with Crippen LogP contribution >= 0.6 is 11.6 Å². The van der Waals surface area contributed by atoms with E-state index in [0.29, 0.717) is 65.9 Å². The summed E-state index contributed by atoms with van der Waals surface area (Å²) in [6.07, 6.45) is -0.749. The molecule has 1 saturated carbocycles. The smallest absolute Gasteiger partial charge is 0.382 e. The van der Waals surface area contributed by atoms with Crippen LogP contribution in [-0.2, 0) is 17.4 Å². The van der Waals surface area contributed by atoms with E-state index in [-0.39, 0.29) is 29.4 Å². The van der Waals surface area contributed by atoms with Crippen molar-refractivity contribution in [2.75, 3.05) is 10.6 Å². The number of hydrogen-bond acceptors (Lipinski definition) is 4. The van der Waals surface area contributed by atoms with Crippen LogP contribution in [0.25, 0.3) is 10.9 Å². The lowest BCUT2D eigenvalue weighted by Gasteiger charge is -2.31. The van der Waals surface area contributed by atoms with Gasteiger partial charge >= 0.3 is 6.18 Å². The van der Waals surface area contributed by atoms with Crippen molar-refractivity contribution in [3.05, 3.63) is 64.3 Å². The summed E-state index contributed by atoms with van der Waals surface area (Å²) in [6, 6.07) is 10.9. The molecule has 10 heteroatoms. The van der Waals surface area contributed by atoms with Gasteiger partial charge in [-0.3, -0.25) is 9.59 Å². The summed E-state index contributed by atoms with van der Waals surface area (Å²) in [7, 11) is 0. The first-order chi connectivity index (χ1) is 17.2. The lowest BCUT2D eigenvalue weighted by molar-refractivity contribution is -0.140. The molecular formula is C26H24ClF3N4O2. The molecule has 1 aromatic heterocycles. The molecular weight excluding hydrogens is 493 g/mol. The van der Waals surface area contributed by atoms with Gasteiger partial charge in [-0.25, -0.2) is 4.98 Å². The molecule has 36 heavy (non-hydrogen) atoms. The Morgan fingerprint density at radius 2 is 1.75 bits per heavy atom. The molecule has 2 amide bonds. The third-order valence-electron chi connectivity index (χ3n) is 6.75. The van der Waals surface area contributed by atoms with E-state index in [1.807, 2.05) is 6.07 Å². The minimum Gasteiger partial charge on any atom is -0.382 e. The van der Waals surface area contributed by atoms with E-state index < -0.39 is 11.9 Å². The molecule has 3 aromatic rings. The zero-order chi connectivity index (χ0) is 25.4. The normalized spacial score (nSPS) is 19.9. The number of fused-ring (bicyclic) bond motifs is 2. The first kappa shape index (κ1) is 24.4. The summed E-state index contributed by atoms with van der Waals surface area (Å²) in [5.74, 6) is -0.267. The predicted octanol–water partition coefficient (Wildman–Crippen LogP) is 5.94. The van der Waals surface area contributed by atoms with Gasteiger partial charge in [-0.1, -0.05) is 17.7 Å². The van der Waals surface area contributed by atoms with Gasteiger partial charge in [0.15, 0.2) is 0 Å². The number of hydrogen-bond donors (Lipinski definition) is 3. The van der Waals surface area contributed by atoms with Crippen molar-refractivity contribution in [1.82, 2.24) is 10.3 Å². The Morgan fingerprint density at radius 3 is 2.50 bits per heavy atom. The number of benzene rings is 2. The van der Waals surface area contributed by atoms with Gasteiger partial charge in [0.1, 0.15) is 5.69 Å². The quantitative estimate of drug-likeness (QED) is 0.400. The Morgan fingerprint density at radius 1 is 1.00 bits per heavy atom. The highest BCUT2D eigenvalue weighted by Gasteiger charge is 2.34. The lowest BCUT2D eigenvalue weighted by atomic mass is 9.90. The molecule has 0 atom stereocenters. The van der Waals surface area contributed by atoms with Gasteiger partial charge in [-0.15, -0.1) is 0 Å². The third-order valence-corrected chi connectivity index (χ3v) is 6.99. The average molecular weight is 517 g/mol. The van der Waals surface area contributed by atoms with Crippen molar-refractivity contribution in [2.24, 2.45) is 0 Å². The van der Waals surface area contributed by atoms with E-state index in [4.69, 9.17) is 11.6 Å². The van der Waals surface area contributed by atoms with E-state index in [1.54, 1.807) is 18.2 Å². The van der Waals surface area contributed by atoms with E-state index in [1.165, 1.54) is 12.1 Å². The molecule has 0 radical (unpaired) electrons. The van der Waals surface area contributed by atoms with Crippen LogP contribution in [0, 0.1) is 0 Å². The van der Waals surface area contributed by atoms with Gasteiger partial charge in [0.05, 0.1) is 5.52 Å². The molecule has 3 N–H and O–H groups in total. The molecule has 1 fully saturated rings. The van der Waals surface area contributed by atoms with Crippen molar-refractivity contribution in [1.29, 1.82) is 0 Å². The summed E-state index contributed by atoms with van der Waals surface area (Å²) >= 11 is 6.09. The summed E-state index contributed by atoms with van der Waals surface area (Å²) < 4.78 is 40.2. The Labute approximate surface area is 210 Å². The van der Waals surface area contributed by atoms with Crippen molar-refractivity contribution in [2.45, 2.75) is 56.8 Å². The van der Waals surface area contributed by atoms with Crippen LogP contribution in [0.1, 0.15) is 53.7 Å². The van der Waals surface area contributed by atoms with E-state index in [2.05, 4.69) is 20.9 Å². The highest BCUT2D eigenvalue weighted by Crippen LogP contribution is 2.35. The van der Waals surface area contributed by atoms with Gasteiger partial charge < -0.3 is 16.0 Å². The molecule has 0 spiro atoms. The fraction of sp³-hybridized carbons (Fsp3) is 0.346. The number of alkyl halides is 3. The van der Waals surface area contributed by atoms with Crippen LogP contribution in [0.4, 0.5) is 24.5 Å². The molecule has 1 aliphatic carbocycles. The number of carbonyl (C=O) groups is 2. The molecule has 1 aliphatic heterocycles. The Kier molecular flexibility index (Phi) is 6.51. The largest absolute Gasteiger partial charge is 0.433 e. The number of amides is 2. The zero-order valence-electron chi connectivity index (χ0n) is 19.2. The second kappa shape index (κ2) is 9.61. The molecule has 0 saturated heterocycles. The highest BCUT2D eigenvalue weighted by atomic mass is 35.5. The maximum absolute atomic E-state index is 13.4. The molecule has 0 bridgehead atoms. The number of halogens is 4. The van der Waals surface area contributed by atoms with Crippen LogP contribution in [0.2, 0.25) is 5.02 Å². The highest BCUT2D eigenvalue weighted by molar-refractivity contribution is 6.31. The summed E-state index contributed by atoms with van der Waals surface area (Å²) in [5, 5.41) is 10.1. The number of aryl methyl sites for hydroxylation is 1. The first-order valence-corrected chi connectivity index (χ1v) is 12.2. The van der Waals surface area contributed by atoms with Crippen LogP contribution in [0.3, 0.4) is 0 Å². The average Bonchev–Trinajstić information content (AvgIpc) is 2.84. The second-order valence-corrected chi connectivity index (χ2v) is 9.74. The van der Waals surface area contributed by atoms with Crippen molar-refractivity contribution in [3.63, 3.8) is 0 Å². The van der Waals surface area contributed by atoms with Crippen molar-refractivity contribution < 1.29 is 22.8 Å². The van der Waals surface area contributed by atoms with Crippen molar-refractivity contribution in [3.8, 4) is 0 Å². The monoisotopic (exact) mass is 516 g/mol. The number of rotatable bonds is 4. The van der Waals surface area contributed by atoms with Gasteiger partial charge in [0.25, 0.3) is 5.91 Å². The molecule has 2 aromatic carbocycles. The molecule has 5 rings (SSSR count). The zero-order valence-corrected chi connectivity index (χ0v) is 20.0. The van der Waals surface area contributed by atoms with Crippen LogP contribution < -0.4 is 16.0 Å². The lowest BCUT2D eigenvalue weighted by Crippen LogP contribution is -2.40. The first-order valence-electron chi connectivity index (χ1n) is 11.8. The summed E-state index contributed by atoms with van der Waals surface area (Å²) in [5.41, 5.74) is 1.78. The maximum atomic E-state index is 13.4. The Balaban J connectivity index is 1.24. The SMILES string of the molecule is O=C1CCc2ccc(C(=O)N[C@H]3CC[C@@H](Nc4cc(C(F)(F)F)nc5ccc(Cl)cc45)CC3)cc2N1. The number of anilines is 2. The van der Waals surface area contributed by atoms with Gasteiger partial charge in [-0.2, -0.15) is 13.2 Å². The van der Waals surface area contributed by atoms with Crippen LogP contribution in [0.5, 0.6) is 0 Å². The standard InChI is InChI=1S/C26H24ClF3N4O2/c27-16-4-9-20-19(12-16)22(13-23(33-20)26(28,29)30)31-17-5-7-18(8-6-17)32-25(36)15-2-1-14-3-10-24(35)34-21(14)11-15/h1-2,4,9,11-13,17-18H,3,5-8,10H2,(H,31,33)(H,32,36)(H,34,35)/t17-,18+. The number of pyridine rings is 1. The Bertz CT molecular complexity index is 1340. The molecule has 0 unspecified atom stereocenters. The van der Waals surface area contributed by atoms with E-state index >= 15 is 0 Å². The summed E-state index contributed by atoms with van der Waals surface area (Å²) in [6.45, 7) is 0. The van der Waals surface area contributed by atoms with Gasteiger partial charge in [0, 0.05) is 45.9 Å². The number of aromatic nitrogens is 1. The maximum Gasteiger partial charge on any atom is 0.433 e. The number of nitrogens with zero attached hydrogens (tertiary/aromatic N) is 1. The predicted molar refractivity (Wildman–Crippen MR) is 132 cm³/mol. The summed E-state index contributed by atoms with van der Waals surface area (Å²) in [4.78, 5) is 28.2. The third kappa shape index (κ3) is 5.26. The van der Waals surface area contributed by atoms with E-state index in [0.717, 1.165) is 11.6 Å². The Hall–Kier alpha value is -3.33. The van der Waals surface area contributed by atoms with Crippen molar-refractivity contribution >= 4 is 45.7 Å². The van der Waals surface area contributed by atoms with Gasteiger partial charge in [-0.05, 0) is 74.1 Å². The molecule has 2 aliphatic rings. The minimum absolute atomic E-state index is 0.0458. The number of nitrogens with one attached hydrogen (secondary N) is 3. The van der Waals surface area contributed by atoms with E-state index in [9.17, 15) is 22.8 Å². The molecule has 188 valence electrons. The second-order valence-electron chi connectivity index (χ2n) is 9.30. The topological polar surface area (TPSA) is 83.1 Å².